The lowest BCUT2D eigenvalue weighted by molar-refractivity contribution is 0.0536. The minimum atomic E-state index is 0.0136. The highest BCUT2D eigenvalue weighted by atomic mass is 16.5. The van der Waals surface area contributed by atoms with Crippen LogP contribution in [0, 0.1) is 5.92 Å². The standard InChI is InChI=1S/C17H26N2O2/c1-19(2)10-9-14-5-7-16(8-6-14)17(20)18-12-15-4-3-11-21-13-15/h5-8,15H,3-4,9-13H2,1-2H3,(H,18,20). The van der Waals surface area contributed by atoms with E-state index in [0.29, 0.717) is 12.5 Å². The molecule has 116 valence electrons. The molecule has 4 heteroatoms. The molecule has 1 aliphatic rings. The molecular formula is C17H26N2O2. The van der Waals surface area contributed by atoms with Crippen molar-refractivity contribution in [2.45, 2.75) is 19.3 Å². The Labute approximate surface area is 127 Å². The molecule has 0 spiro atoms. The van der Waals surface area contributed by atoms with Crippen molar-refractivity contribution >= 4 is 5.91 Å². The molecule has 0 radical (unpaired) electrons. The third kappa shape index (κ3) is 5.48. The van der Waals surface area contributed by atoms with E-state index in [0.717, 1.165) is 44.6 Å². The largest absolute Gasteiger partial charge is 0.381 e. The minimum absolute atomic E-state index is 0.0136. The molecule has 1 unspecified atom stereocenters. The number of likely N-dealkylation sites (N-methyl/N-ethyl adjacent to an activating group) is 1. The second-order valence-electron chi connectivity index (χ2n) is 6.04. The third-order valence-electron chi connectivity index (χ3n) is 3.87. The van der Waals surface area contributed by atoms with E-state index in [1.54, 1.807) is 0 Å². The van der Waals surface area contributed by atoms with E-state index < -0.39 is 0 Å². The van der Waals surface area contributed by atoms with Crippen LogP contribution in [-0.4, -0.2) is 51.2 Å². The van der Waals surface area contributed by atoms with Crippen molar-refractivity contribution in [2.24, 2.45) is 5.92 Å². The van der Waals surface area contributed by atoms with Crippen LogP contribution in [-0.2, 0) is 11.2 Å². The van der Waals surface area contributed by atoms with Gasteiger partial charge in [-0.25, -0.2) is 0 Å². The van der Waals surface area contributed by atoms with Gasteiger partial charge in [0.05, 0.1) is 6.61 Å². The fourth-order valence-electron chi connectivity index (χ4n) is 2.48. The van der Waals surface area contributed by atoms with Gasteiger partial charge in [0.2, 0.25) is 0 Å². The van der Waals surface area contributed by atoms with Gasteiger partial charge in [-0.15, -0.1) is 0 Å². The molecule has 1 heterocycles. The first-order valence-electron chi connectivity index (χ1n) is 7.75. The molecular weight excluding hydrogens is 264 g/mol. The molecule has 1 saturated heterocycles. The number of benzene rings is 1. The van der Waals surface area contributed by atoms with Gasteiger partial charge < -0.3 is 15.0 Å². The van der Waals surface area contributed by atoms with Gasteiger partial charge in [0.15, 0.2) is 0 Å². The lowest BCUT2D eigenvalue weighted by Crippen LogP contribution is -2.33. The van der Waals surface area contributed by atoms with Crippen molar-refractivity contribution in [3.05, 3.63) is 35.4 Å². The highest BCUT2D eigenvalue weighted by Gasteiger charge is 2.15. The number of amides is 1. The number of carbonyl (C=O) groups excluding carboxylic acids is 1. The Kier molecular flexibility index (Phi) is 6.21. The monoisotopic (exact) mass is 290 g/mol. The van der Waals surface area contributed by atoms with Crippen molar-refractivity contribution in [3.63, 3.8) is 0 Å². The second kappa shape index (κ2) is 8.15. The van der Waals surface area contributed by atoms with E-state index in [1.165, 1.54) is 5.56 Å². The number of hydrogen-bond donors (Lipinski definition) is 1. The lowest BCUT2D eigenvalue weighted by Gasteiger charge is -2.22. The van der Waals surface area contributed by atoms with Gasteiger partial charge >= 0.3 is 0 Å². The van der Waals surface area contributed by atoms with Crippen LogP contribution in [0.2, 0.25) is 0 Å². The first-order chi connectivity index (χ1) is 10.1. The Morgan fingerprint density at radius 2 is 2.10 bits per heavy atom. The maximum absolute atomic E-state index is 12.1. The molecule has 0 bridgehead atoms. The van der Waals surface area contributed by atoms with E-state index in [2.05, 4.69) is 24.3 Å². The number of hydrogen-bond acceptors (Lipinski definition) is 3. The molecule has 1 amide bonds. The Hall–Kier alpha value is -1.39. The molecule has 2 rings (SSSR count). The minimum Gasteiger partial charge on any atom is -0.381 e. The molecule has 0 aliphatic carbocycles. The van der Waals surface area contributed by atoms with Crippen LogP contribution in [0.5, 0.6) is 0 Å². The number of nitrogens with one attached hydrogen (secondary N) is 1. The maximum atomic E-state index is 12.1. The summed E-state index contributed by atoms with van der Waals surface area (Å²) in [5.74, 6) is 0.474. The average molecular weight is 290 g/mol. The van der Waals surface area contributed by atoms with Crippen LogP contribution in [0.15, 0.2) is 24.3 Å². The first kappa shape index (κ1) is 16.0. The van der Waals surface area contributed by atoms with Crippen molar-refractivity contribution in [3.8, 4) is 0 Å². The van der Waals surface area contributed by atoms with Gasteiger partial charge in [0.1, 0.15) is 0 Å². The SMILES string of the molecule is CN(C)CCc1ccc(C(=O)NCC2CCCOC2)cc1. The molecule has 0 aromatic heterocycles. The summed E-state index contributed by atoms with van der Waals surface area (Å²) in [7, 11) is 4.13. The molecule has 1 aromatic rings. The topological polar surface area (TPSA) is 41.6 Å². The fourth-order valence-corrected chi connectivity index (χ4v) is 2.48. The zero-order chi connectivity index (χ0) is 15.1. The highest BCUT2D eigenvalue weighted by molar-refractivity contribution is 5.94. The third-order valence-corrected chi connectivity index (χ3v) is 3.87. The molecule has 1 fully saturated rings. The summed E-state index contributed by atoms with van der Waals surface area (Å²) in [6, 6.07) is 7.92. The summed E-state index contributed by atoms with van der Waals surface area (Å²) in [4.78, 5) is 14.3. The lowest BCUT2D eigenvalue weighted by atomic mass is 10.0. The number of rotatable bonds is 6. The summed E-state index contributed by atoms with van der Waals surface area (Å²) < 4.78 is 5.43. The Morgan fingerprint density at radius 1 is 1.33 bits per heavy atom. The summed E-state index contributed by atoms with van der Waals surface area (Å²) in [6.07, 6.45) is 3.25. The van der Waals surface area contributed by atoms with Gasteiger partial charge in [-0.3, -0.25) is 4.79 Å². The number of nitrogens with zero attached hydrogens (tertiary/aromatic N) is 1. The van der Waals surface area contributed by atoms with Crippen LogP contribution in [0.1, 0.15) is 28.8 Å². The fraction of sp³-hybridized carbons (Fsp3) is 0.588. The van der Waals surface area contributed by atoms with E-state index in [1.807, 2.05) is 24.3 Å². The van der Waals surface area contributed by atoms with Gasteiger partial charge in [0, 0.05) is 25.3 Å². The Balaban J connectivity index is 1.79. The second-order valence-corrected chi connectivity index (χ2v) is 6.04. The average Bonchev–Trinajstić information content (AvgIpc) is 2.52. The zero-order valence-corrected chi connectivity index (χ0v) is 13.1. The molecule has 1 atom stereocenters. The zero-order valence-electron chi connectivity index (χ0n) is 13.1. The number of ether oxygens (including phenoxy) is 1. The van der Waals surface area contributed by atoms with Gasteiger partial charge in [-0.1, -0.05) is 12.1 Å². The van der Waals surface area contributed by atoms with Crippen LogP contribution in [0.4, 0.5) is 0 Å². The molecule has 1 aromatic carbocycles. The predicted octanol–water partition coefficient (Wildman–Crippen LogP) is 1.95. The highest BCUT2D eigenvalue weighted by Crippen LogP contribution is 2.12. The van der Waals surface area contributed by atoms with Gasteiger partial charge in [-0.05, 0) is 57.0 Å². The van der Waals surface area contributed by atoms with E-state index in [9.17, 15) is 4.79 Å². The van der Waals surface area contributed by atoms with Crippen LogP contribution < -0.4 is 5.32 Å². The van der Waals surface area contributed by atoms with Crippen molar-refractivity contribution in [2.75, 3.05) is 40.4 Å². The van der Waals surface area contributed by atoms with Gasteiger partial charge in [0.25, 0.3) is 5.91 Å². The van der Waals surface area contributed by atoms with Crippen LogP contribution >= 0.6 is 0 Å². The number of carbonyl (C=O) groups is 1. The first-order valence-corrected chi connectivity index (χ1v) is 7.75. The Bertz CT molecular complexity index is 437. The normalized spacial score (nSPS) is 18.7. The van der Waals surface area contributed by atoms with E-state index >= 15 is 0 Å². The molecule has 1 aliphatic heterocycles. The predicted molar refractivity (Wildman–Crippen MR) is 84.6 cm³/mol. The molecule has 1 N–H and O–H groups in total. The molecule has 21 heavy (non-hydrogen) atoms. The van der Waals surface area contributed by atoms with Crippen molar-refractivity contribution < 1.29 is 9.53 Å². The summed E-state index contributed by atoms with van der Waals surface area (Å²) in [5.41, 5.74) is 2.00. The molecule has 4 nitrogen and oxygen atoms in total. The van der Waals surface area contributed by atoms with Crippen LogP contribution in [0.25, 0.3) is 0 Å². The summed E-state index contributed by atoms with van der Waals surface area (Å²) >= 11 is 0. The quantitative estimate of drug-likeness (QED) is 0.870. The van der Waals surface area contributed by atoms with Gasteiger partial charge in [-0.2, -0.15) is 0 Å². The van der Waals surface area contributed by atoms with E-state index in [4.69, 9.17) is 4.74 Å². The van der Waals surface area contributed by atoms with Crippen LogP contribution in [0.3, 0.4) is 0 Å². The maximum Gasteiger partial charge on any atom is 0.251 e. The van der Waals surface area contributed by atoms with Crippen molar-refractivity contribution in [1.82, 2.24) is 10.2 Å². The summed E-state index contributed by atoms with van der Waals surface area (Å²) in [6.45, 7) is 3.36. The molecule has 0 saturated carbocycles. The smallest absolute Gasteiger partial charge is 0.251 e. The summed E-state index contributed by atoms with van der Waals surface area (Å²) in [5, 5.41) is 3.01. The van der Waals surface area contributed by atoms with Crippen molar-refractivity contribution in [1.29, 1.82) is 0 Å². The van der Waals surface area contributed by atoms with E-state index in [-0.39, 0.29) is 5.91 Å². The Morgan fingerprint density at radius 3 is 2.71 bits per heavy atom.